The fraction of sp³-hybridized carbons (Fsp3) is 0.595. The number of hydrogen-bond acceptors (Lipinski definition) is 6. The normalized spacial score (nSPS) is 17.3. The Morgan fingerprint density at radius 1 is 0.904 bits per heavy atom. The summed E-state index contributed by atoms with van der Waals surface area (Å²) in [6, 6.07) is 14.6. The molecule has 9 nitrogen and oxygen atoms in total. The summed E-state index contributed by atoms with van der Waals surface area (Å²) in [5.41, 5.74) is 0.781. The number of carbonyl (C=O) groups is 5. The first-order valence-corrected chi connectivity index (χ1v) is 19.2. The van der Waals surface area contributed by atoms with Crippen molar-refractivity contribution in [2.24, 2.45) is 11.3 Å². The van der Waals surface area contributed by atoms with Crippen LogP contribution in [0.4, 0.5) is 5.69 Å². The molecule has 0 bridgehead atoms. The van der Waals surface area contributed by atoms with Gasteiger partial charge in [-0.3, -0.25) is 24.0 Å². The van der Waals surface area contributed by atoms with Gasteiger partial charge in [0.25, 0.3) is 10.9 Å². The van der Waals surface area contributed by atoms with Gasteiger partial charge in [0.15, 0.2) is 12.0 Å². The molecule has 10 heteroatoms. The van der Waals surface area contributed by atoms with Crippen LogP contribution in [0.1, 0.15) is 138 Å². The van der Waals surface area contributed by atoms with E-state index in [1.165, 1.54) is 19.4 Å². The zero-order valence-corrected chi connectivity index (χ0v) is 33.7. The van der Waals surface area contributed by atoms with Gasteiger partial charge in [-0.2, -0.15) is 0 Å². The molecule has 0 saturated carbocycles. The zero-order valence-electron chi connectivity index (χ0n) is 32.9. The molecule has 0 radical (unpaired) electrons. The van der Waals surface area contributed by atoms with Gasteiger partial charge in [0.1, 0.15) is 5.75 Å². The average molecular weight is 738 g/mol. The number of benzene rings is 2. The van der Waals surface area contributed by atoms with E-state index in [-0.39, 0.29) is 23.7 Å². The number of piperidine rings is 1. The number of likely N-dealkylation sites (tertiary alicyclic amines) is 1. The van der Waals surface area contributed by atoms with Crippen LogP contribution in [0.2, 0.25) is 0 Å². The lowest BCUT2D eigenvalue weighted by Gasteiger charge is -2.42. The number of alkyl halides is 1. The number of Topliss-reactive ketones (excluding diaryl/α,β-unsaturated/α-hetero) is 1. The number of halogens is 1. The van der Waals surface area contributed by atoms with Crippen molar-refractivity contribution in [1.82, 2.24) is 10.2 Å². The van der Waals surface area contributed by atoms with Gasteiger partial charge < -0.3 is 15.4 Å². The third-order valence-electron chi connectivity index (χ3n) is 10.7. The van der Waals surface area contributed by atoms with Crippen LogP contribution in [0.5, 0.6) is 5.75 Å². The van der Waals surface area contributed by atoms with Crippen LogP contribution in [-0.2, 0) is 34.8 Å². The molecule has 3 atom stereocenters. The van der Waals surface area contributed by atoms with Crippen molar-refractivity contribution in [1.29, 1.82) is 0 Å². The second-order valence-electron chi connectivity index (χ2n) is 16.1. The monoisotopic (exact) mass is 737 g/mol. The Morgan fingerprint density at radius 2 is 1.54 bits per heavy atom. The molecule has 2 aromatic carbocycles. The van der Waals surface area contributed by atoms with Crippen molar-refractivity contribution in [3.63, 3.8) is 0 Å². The summed E-state index contributed by atoms with van der Waals surface area (Å²) in [5.74, 6) is -3.73. The maximum Gasteiger partial charge on any atom is 0.274 e. The van der Waals surface area contributed by atoms with Gasteiger partial charge in [0, 0.05) is 41.8 Å². The lowest BCUT2D eigenvalue weighted by molar-refractivity contribution is -0.165. The third-order valence-corrected chi connectivity index (χ3v) is 11.2. The molecule has 4 amide bonds. The van der Waals surface area contributed by atoms with Crippen LogP contribution in [0.25, 0.3) is 0 Å². The molecule has 2 aromatic rings. The van der Waals surface area contributed by atoms with Crippen molar-refractivity contribution in [2.75, 3.05) is 5.32 Å². The number of rotatable bonds is 18. The highest BCUT2D eigenvalue weighted by Gasteiger charge is 2.60. The number of amides is 4. The molecule has 0 spiro atoms. The van der Waals surface area contributed by atoms with E-state index in [1.54, 1.807) is 30.3 Å². The Kier molecular flexibility index (Phi) is 14.3. The summed E-state index contributed by atoms with van der Waals surface area (Å²) in [4.78, 5) is 67.5. The van der Waals surface area contributed by atoms with Gasteiger partial charge in [-0.1, -0.05) is 124 Å². The van der Waals surface area contributed by atoms with Gasteiger partial charge >= 0.3 is 0 Å². The molecule has 1 aliphatic rings. The van der Waals surface area contributed by atoms with Crippen molar-refractivity contribution in [2.45, 2.75) is 149 Å². The Hall–Kier alpha value is -3.72. The minimum Gasteiger partial charge on any atom is -0.470 e. The molecular weight excluding hydrogens is 678 g/mol. The van der Waals surface area contributed by atoms with E-state index in [9.17, 15) is 24.0 Å². The van der Waals surface area contributed by atoms with Crippen LogP contribution in [0.15, 0.2) is 48.5 Å². The van der Waals surface area contributed by atoms with Crippen LogP contribution >= 0.6 is 11.6 Å². The first-order chi connectivity index (χ1) is 24.3. The molecule has 52 heavy (non-hydrogen) atoms. The van der Waals surface area contributed by atoms with Crippen molar-refractivity contribution in [3.8, 4) is 5.75 Å². The van der Waals surface area contributed by atoms with E-state index in [2.05, 4.69) is 64.3 Å². The van der Waals surface area contributed by atoms with E-state index in [4.69, 9.17) is 16.3 Å². The van der Waals surface area contributed by atoms with Crippen LogP contribution in [0, 0.1) is 11.3 Å². The molecule has 0 aromatic heterocycles. The fourth-order valence-corrected chi connectivity index (χ4v) is 7.01. The number of anilines is 1. The molecule has 1 fully saturated rings. The van der Waals surface area contributed by atoms with Crippen molar-refractivity contribution in [3.05, 3.63) is 59.7 Å². The highest BCUT2D eigenvalue weighted by atomic mass is 35.5. The summed E-state index contributed by atoms with van der Waals surface area (Å²) in [7, 11) is 0. The quantitative estimate of drug-likeness (QED) is 0.0519. The van der Waals surface area contributed by atoms with E-state index >= 15 is 0 Å². The van der Waals surface area contributed by atoms with Crippen LogP contribution in [-0.4, -0.2) is 45.5 Å². The molecule has 286 valence electrons. The lowest BCUT2D eigenvalue weighted by atomic mass is 9.76. The highest BCUT2D eigenvalue weighted by Crippen LogP contribution is 2.41. The largest absolute Gasteiger partial charge is 0.470 e. The van der Waals surface area contributed by atoms with Crippen LogP contribution in [0.3, 0.4) is 0 Å². The number of carbonyl (C=O) groups excluding carboxylic acids is 5. The first kappa shape index (κ1) is 42.7. The first-order valence-electron chi connectivity index (χ1n) is 18.9. The Bertz CT molecular complexity index is 1600. The van der Waals surface area contributed by atoms with Gasteiger partial charge in [-0.05, 0) is 60.3 Å². The van der Waals surface area contributed by atoms with Gasteiger partial charge in [0.2, 0.25) is 17.7 Å². The molecule has 3 unspecified atom stereocenters. The molecule has 0 aliphatic carbocycles. The molecule has 2 N–H and O–H groups in total. The molecule has 3 rings (SSSR count). The Labute approximate surface area is 316 Å². The van der Waals surface area contributed by atoms with Crippen molar-refractivity contribution < 1.29 is 28.7 Å². The average Bonchev–Trinajstić information content (AvgIpc) is 3.09. The predicted molar refractivity (Wildman–Crippen MR) is 207 cm³/mol. The summed E-state index contributed by atoms with van der Waals surface area (Å²) in [6.45, 7) is 20.0. The minimum atomic E-state index is -2.73. The second-order valence-corrected chi connectivity index (χ2v) is 16.6. The highest BCUT2D eigenvalue weighted by molar-refractivity contribution is 6.50. The lowest BCUT2D eigenvalue weighted by Crippen LogP contribution is -2.67. The minimum absolute atomic E-state index is 0.0256. The van der Waals surface area contributed by atoms with Gasteiger partial charge in [-0.15, -0.1) is 0 Å². The number of nitrogens with one attached hydrogen (secondary N) is 2. The van der Waals surface area contributed by atoms with E-state index < -0.39 is 52.0 Å². The smallest absolute Gasteiger partial charge is 0.274 e. The summed E-state index contributed by atoms with van der Waals surface area (Å²) in [6.07, 6.45) is 3.39. The van der Waals surface area contributed by atoms with Gasteiger partial charge in [0.05, 0.1) is 0 Å². The predicted octanol–water partition coefficient (Wildman–Crippen LogP) is 8.81. The van der Waals surface area contributed by atoms with Gasteiger partial charge in [-0.25, -0.2) is 4.90 Å². The van der Waals surface area contributed by atoms with E-state index in [1.807, 2.05) is 19.9 Å². The maximum atomic E-state index is 14.6. The summed E-state index contributed by atoms with van der Waals surface area (Å²) in [5, 5.41) is 5.60. The number of ketones is 1. The summed E-state index contributed by atoms with van der Waals surface area (Å²) < 4.78 is 6.55. The maximum absolute atomic E-state index is 14.6. The Balaban J connectivity index is 1.95. The molecule has 1 saturated heterocycles. The summed E-state index contributed by atoms with van der Waals surface area (Å²) >= 11 is 7.05. The molecule has 1 heterocycles. The van der Waals surface area contributed by atoms with E-state index in [0.29, 0.717) is 48.4 Å². The Morgan fingerprint density at radius 3 is 2.12 bits per heavy atom. The third kappa shape index (κ3) is 9.63. The number of nitrogens with zero attached hydrogens (tertiary/aromatic N) is 1. The molecular formula is C42H60ClN3O6. The number of ether oxygens (including phenoxy) is 1. The number of hydrogen-bond donors (Lipinski definition) is 2. The molecule has 1 aliphatic heterocycles. The second kappa shape index (κ2) is 17.4. The van der Waals surface area contributed by atoms with Crippen molar-refractivity contribution >= 4 is 46.7 Å². The topological polar surface area (TPSA) is 122 Å². The van der Waals surface area contributed by atoms with E-state index in [0.717, 1.165) is 18.4 Å². The number of imide groups is 1. The van der Waals surface area contributed by atoms with Crippen LogP contribution < -0.4 is 15.4 Å². The SMILES string of the molecule is CCCC(NC(=O)CC(C)(C)C(=O)C(Cl)(C(=O)Nc1ccccc1)N1C(=O)CCC(CCC)C1=O)Oc1ccc(C(C)(C)CC)cc1C(C)(C)CC. The standard InChI is InChI=1S/C42H60ClN3O6/c1-11-18-28-22-25-35(48)46(36(28)49)42(43,38(51)44-30-20-16-15-17-21-30)37(50)41(9,10)27-33(47)45-34(19-12-2)52-32-24-23-29(39(5,6)13-3)26-31(32)40(7,8)14-4/h15-17,20-21,23-24,26,28,34H,11-14,18-19,22,25,27H2,1-10H3,(H,44,51)(H,45,47). The fourth-order valence-electron chi connectivity index (χ4n) is 6.53. The zero-order chi connectivity index (χ0) is 39.1. The number of para-hydroxylation sites is 1.